The van der Waals surface area contributed by atoms with Crippen molar-refractivity contribution < 1.29 is 14.7 Å². The molecule has 0 aromatic rings. The van der Waals surface area contributed by atoms with Crippen molar-refractivity contribution in [1.82, 2.24) is 10.6 Å². The highest BCUT2D eigenvalue weighted by Crippen LogP contribution is 2.24. The fraction of sp³-hybridized carbons (Fsp3) is 0.875. The number of carboxylic acid groups (broad SMARTS) is 1. The van der Waals surface area contributed by atoms with Crippen LogP contribution in [0.25, 0.3) is 0 Å². The molecular formula is C16H28N2O3. The van der Waals surface area contributed by atoms with Crippen molar-refractivity contribution in [1.29, 1.82) is 0 Å². The van der Waals surface area contributed by atoms with Crippen molar-refractivity contribution in [2.24, 2.45) is 5.92 Å². The summed E-state index contributed by atoms with van der Waals surface area (Å²) in [4.78, 5) is 23.5. The summed E-state index contributed by atoms with van der Waals surface area (Å²) < 4.78 is 0. The Morgan fingerprint density at radius 2 is 1.33 bits per heavy atom. The predicted molar refractivity (Wildman–Crippen MR) is 81.2 cm³/mol. The molecule has 2 atom stereocenters. The quantitative estimate of drug-likeness (QED) is 0.700. The Balaban J connectivity index is 1.85. The van der Waals surface area contributed by atoms with Gasteiger partial charge in [0.05, 0.1) is 5.92 Å². The Morgan fingerprint density at radius 3 is 2.00 bits per heavy atom. The summed E-state index contributed by atoms with van der Waals surface area (Å²) in [6.07, 6.45) is 11.4. The molecule has 2 unspecified atom stereocenters. The van der Waals surface area contributed by atoms with E-state index in [1.807, 2.05) is 0 Å². The summed E-state index contributed by atoms with van der Waals surface area (Å²) >= 11 is 0. The Kier molecular flexibility index (Phi) is 6.33. The molecule has 2 amide bonds. The molecule has 120 valence electrons. The van der Waals surface area contributed by atoms with Crippen LogP contribution in [-0.4, -0.2) is 29.2 Å². The van der Waals surface area contributed by atoms with Crippen LogP contribution in [0.3, 0.4) is 0 Å². The lowest BCUT2D eigenvalue weighted by Crippen LogP contribution is -2.49. The maximum atomic E-state index is 12.2. The van der Waals surface area contributed by atoms with Crippen LogP contribution >= 0.6 is 0 Å². The van der Waals surface area contributed by atoms with Gasteiger partial charge in [0.1, 0.15) is 0 Å². The molecule has 21 heavy (non-hydrogen) atoms. The number of nitrogens with one attached hydrogen (secondary N) is 2. The van der Waals surface area contributed by atoms with Crippen molar-refractivity contribution in [2.75, 3.05) is 0 Å². The van der Waals surface area contributed by atoms with Crippen molar-refractivity contribution in [3.05, 3.63) is 0 Å². The first-order valence-electron chi connectivity index (χ1n) is 8.46. The van der Waals surface area contributed by atoms with E-state index in [2.05, 4.69) is 10.6 Å². The Hall–Kier alpha value is -1.26. The highest BCUT2D eigenvalue weighted by Gasteiger charge is 2.30. The minimum Gasteiger partial charge on any atom is -0.481 e. The molecule has 0 radical (unpaired) electrons. The second kappa shape index (κ2) is 8.25. The highest BCUT2D eigenvalue weighted by atomic mass is 16.4. The molecule has 0 spiro atoms. The van der Waals surface area contributed by atoms with Gasteiger partial charge in [-0.3, -0.25) is 4.79 Å². The van der Waals surface area contributed by atoms with Crippen LogP contribution in [0.2, 0.25) is 0 Å². The van der Waals surface area contributed by atoms with Gasteiger partial charge in [-0.05, 0) is 25.7 Å². The lowest BCUT2D eigenvalue weighted by atomic mass is 9.95. The fourth-order valence-electron chi connectivity index (χ4n) is 3.60. The zero-order valence-electron chi connectivity index (χ0n) is 12.8. The third-order valence-electron chi connectivity index (χ3n) is 4.84. The summed E-state index contributed by atoms with van der Waals surface area (Å²) in [6.45, 7) is 0. The smallest absolute Gasteiger partial charge is 0.315 e. The van der Waals surface area contributed by atoms with Crippen LogP contribution in [0.4, 0.5) is 4.79 Å². The van der Waals surface area contributed by atoms with E-state index in [0.717, 1.165) is 38.5 Å². The minimum atomic E-state index is -0.781. The normalized spacial score (nSPS) is 28.2. The first-order chi connectivity index (χ1) is 10.2. The lowest BCUT2D eigenvalue weighted by molar-refractivity contribution is -0.142. The van der Waals surface area contributed by atoms with Gasteiger partial charge >= 0.3 is 12.0 Å². The number of carbonyl (C=O) groups excluding carboxylic acids is 1. The molecule has 0 bridgehead atoms. The largest absolute Gasteiger partial charge is 0.481 e. The number of carboxylic acids is 1. The number of hydrogen-bond donors (Lipinski definition) is 3. The van der Waals surface area contributed by atoms with E-state index in [1.165, 1.54) is 25.7 Å². The van der Waals surface area contributed by atoms with E-state index >= 15 is 0 Å². The van der Waals surface area contributed by atoms with Gasteiger partial charge < -0.3 is 15.7 Å². The van der Waals surface area contributed by atoms with Crippen LogP contribution in [0, 0.1) is 5.92 Å². The molecule has 2 saturated carbocycles. The topological polar surface area (TPSA) is 78.4 Å². The summed E-state index contributed by atoms with van der Waals surface area (Å²) in [5.74, 6) is -1.22. The van der Waals surface area contributed by atoms with Gasteiger partial charge in [-0.25, -0.2) is 4.79 Å². The third-order valence-corrected chi connectivity index (χ3v) is 4.84. The van der Waals surface area contributed by atoms with Gasteiger partial charge in [0.2, 0.25) is 0 Å². The number of carbonyl (C=O) groups is 2. The molecule has 2 rings (SSSR count). The number of aliphatic carboxylic acids is 1. The molecule has 3 N–H and O–H groups in total. The third kappa shape index (κ3) is 5.21. The van der Waals surface area contributed by atoms with Gasteiger partial charge in [0.25, 0.3) is 0 Å². The van der Waals surface area contributed by atoms with Crippen LogP contribution < -0.4 is 10.6 Å². The molecule has 2 fully saturated rings. The lowest BCUT2D eigenvalue weighted by Gasteiger charge is -2.25. The van der Waals surface area contributed by atoms with Crippen molar-refractivity contribution >= 4 is 12.0 Å². The number of amides is 2. The van der Waals surface area contributed by atoms with Crippen molar-refractivity contribution in [3.8, 4) is 0 Å². The molecule has 5 heteroatoms. The molecule has 2 aliphatic carbocycles. The molecule has 0 saturated heterocycles. The monoisotopic (exact) mass is 296 g/mol. The van der Waals surface area contributed by atoms with Gasteiger partial charge in [-0.2, -0.15) is 0 Å². The van der Waals surface area contributed by atoms with E-state index < -0.39 is 11.9 Å². The molecule has 0 aromatic carbocycles. The van der Waals surface area contributed by atoms with Gasteiger partial charge in [0, 0.05) is 12.1 Å². The number of hydrogen-bond acceptors (Lipinski definition) is 2. The summed E-state index contributed by atoms with van der Waals surface area (Å²) in [7, 11) is 0. The number of rotatable bonds is 3. The minimum absolute atomic E-state index is 0.181. The molecule has 0 aliphatic heterocycles. The fourth-order valence-corrected chi connectivity index (χ4v) is 3.60. The summed E-state index contributed by atoms with van der Waals surface area (Å²) in [5, 5.41) is 15.3. The first kappa shape index (κ1) is 16.1. The van der Waals surface area contributed by atoms with E-state index in [9.17, 15) is 14.7 Å². The Bertz CT molecular complexity index is 351. The maximum Gasteiger partial charge on any atom is 0.315 e. The van der Waals surface area contributed by atoms with E-state index in [0.29, 0.717) is 6.42 Å². The van der Waals surface area contributed by atoms with Crippen molar-refractivity contribution in [3.63, 3.8) is 0 Å². The van der Waals surface area contributed by atoms with E-state index in [4.69, 9.17) is 0 Å². The average Bonchev–Trinajstić information content (AvgIpc) is 2.81. The molecule has 5 nitrogen and oxygen atoms in total. The van der Waals surface area contributed by atoms with Crippen LogP contribution in [0.5, 0.6) is 0 Å². The second-order valence-corrected chi connectivity index (χ2v) is 6.50. The van der Waals surface area contributed by atoms with Gasteiger partial charge in [-0.15, -0.1) is 0 Å². The SMILES string of the molecule is O=C(NC1CCCCCC1)NC1CCCCCC1C(=O)O. The molecule has 0 heterocycles. The highest BCUT2D eigenvalue weighted by molar-refractivity contribution is 5.77. The van der Waals surface area contributed by atoms with E-state index in [1.54, 1.807) is 0 Å². The van der Waals surface area contributed by atoms with E-state index in [-0.39, 0.29) is 18.1 Å². The zero-order chi connectivity index (χ0) is 15.1. The predicted octanol–water partition coefficient (Wildman–Crippen LogP) is 3.04. The summed E-state index contributed by atoms with van der Waals surface area (Å²) in [5.41, 5.74) is 0. The first-order valence-corrected chi connectivity index (χ1v) is 8.46. The average molecular weight is 296 g/mol. The standard InChI is InChI=1S/C16H28N2O3/c19-15(20)13-10-6-3-7-11-14(13)18-16(21)17-12-8-4-1-2-5-9-12/h12-14H,1-11H2,(H,19,20)(H2,17,18,21). The summed E-state index contributed by atoms with van der Waals surface area (Å²) in [6, 6.07) is -0.155. The molecular weight excluding hydrogens is 268 g/mol. The second-order valence-electron chi connectivity index (χ2n) is 6.50. The van der Waals surface area contributed by atoms with Crippen molar-refractivity contribution in [2.45, 2.75) is 82.7 Å². The zero-order valence-corrected chi connectivity index (χ0v) is 12.8. The van der Waals surface area contributed by atoms with Crippen LogP contribution in [0.15, 0.2) is 0 Å². The maximum absolute atomic E-state index is 12.2. The molecule has 0 aromatic heterocycles. The van der Waals surface area contributed by atoms with Crippen LogP contribution in [-0.2, 0) is 4.79 Å². The molecule has 2 aliphatic rings. The Morgan fingerprint density at radius 1 is 0.762 bits per heavy atom. The Labute approximate surface area is 126 Å². The van der Waals surface area contributed by atoms with Gasteiger partial charge in [-0.1, -0.05) is 44.9 Å². The number of urea groups is 1. The van der Waals surface area contributed by atoms with Gasteiger partial charge in [0.15, 0.2) is 0 Å². The van der Waals surface area contributed by atoms with Crippen LogP contribution in [0.1, 0.15) is 70.6 Å².